The zero-order chi connectivity index (χ0) is 18.7. The van der Waals surface area contributed by atoms with Gasteiger partial charge in [-0.2, -0.15) is 0 Å². The smallest absolute Gasteiger partial charge is 0.226 e. The van der Waals surface area contributed by atoms with Crippen molar-refractivity contribution in [3.8, 4) is 0 Å². The molecule has 7 nitrogen and oxygen atoms in total. The Morgan fingerprint density at radius 2 is 2.04 bits per heavy atom. The number of H-pyrrole nitrogens is 1. The first-order chi connectivity index (χ1) is 13.8. The third kappa shape index (κ3) is 2.33. The minimum Gasteiger partial charge on any atom is -0.356 e. The molecule has 1 aliphatic carbocycles. The van der Waals surface area contributed by atoms with Gasteiger partial charge in [-0.25, -0.2) is 15.0 Å². The summed E-state index contributed by atoms with van der Waals surface area (Å²) in [6.07, 6.45) is 8.19. The van der Waals surface area contributed by atoms with Gasteiger partial charge in [0.05, 0.1) is 22.9 Å². The summed E-state index contributed by atoms with van der Waals surface area (Å²) in [7, 11) is 0. The Morgan fingerprint density at radius 1 is 1.18 bits per heavy atom. The molecule has 2 fully saturated rings. The third-order valence-electron chi connectivity index (χ3n) is 6.58. The number of imidazole rings is 1. The lowest BCUT2D eigenvalue weighted by atomic mass is 9.78. The van der Waals surface area contributed by atoms with E-state index in [2.05, 4.69) is 36.2 Å². The van der Waals surface area contributed by atoms with Gasteiger partial charge in [0.1, 0.15) is 17.0 Å². The molecule has 0 aromatic carbocycles. The molecule has 3 aromatic heterocycles. The molecule has 1 saturated carbocycles. The minimum atomic E-state index is -0.273. The Kier molecular flexibility index (Phi) is 3.53. The molecule has 0 bridgehead atoms. The number of aromatic amines is 1. The highest BCUT2D eigenvalue weighted by Crippen LogP contribution is 2.46. The van der Waals surface area contributed by atoms with Gasteiger partial charge < -0.3 is 14.8 Å². The summed E-state index contributed by atoms with van der Waals surface area (Å²) in [6.45, 7) is 2.53. The number of rotatable bonds is 2. The molecule has 3 aromatic rings. The van der Waals surface area contributed by atoms with Gasteiger partial charge in [-0.05, 0) is 37.1 Å². The molecule has 8 heteroatoms. The highest BCUT2D eigenvalue weighted by Gasteiger charge is 2.51. The van der Waals surface area contributed by atoms with Gasteiger partial charge in [0.15, 0.2) is 0 Å². The van der Waals surface area contributed by atoms with E-state index in [1.54, 1.807) is 24.0 Å². The molecule has 5 heterocycles. The number of nitrogens with one attached hydrogen (secondary N) is 1. The van der Waals surface area contributed by atoms with E-state index in [4.69, 9.17) is 4.98 Å². The summed E-state index contributed by atoms with van der Waals surface area (Å²) in [6, 6.07) is 2.11. The van der Waals surface area contributed by atoms with Gasteiger partial charge in [-0.15, -0.1) is 11.3 Å². The molecule has 0 radical (unpaired) electrons. The van der Waals surface area contributed by atoms with E-state index in [1.807, 2.05) is 0 Å². The van der Waals surface area contributed by atoms with Crippen molar-refractivity contribution in [1.29, 1.82) is 0 Å². The molecule has 6 rings (SSSR count). The van der Waals surface area contributed by atoms with Crippen LogP contribution in [0.15, 0.2) is 24.1 Å². The fourth-order valence-corrected chi connectivity index (χ4v) is 5.70. The van der Waals surface area contributed by atoms with E-state index < -0.39 is 0 Å². The van der Waals surface area contributed by atoms with Crippen LogP contribution in [0.2, 0.25) is 0 Å². The lowest BCUT2D eigenvalue weighted by Gasteiger charge is -2.50. The zero-order valence-corrected chi connectivity index (χ0v) is 16.4. The predicted octanol–water partition coefficient (Wildman–Crippen LogP) is 2.70. The first-order valence-corrected chi connectivity index (χ1v) is 10.9. The molecule has 2 aliphatic heterocycles. The Hall–Kier alpha value is -2.48. The van der Waals surface area contributed by atoms with Crippen LogP contribution in [0.5, 0.6) is 0 Å². The van der Waals surface area contributed by atoms with Crippen LogP contribution >= 0.6 is 11.3 Å². The lowest BCUT2D eigenvalue weighted by molar-refractivity contribution is -0.142. The molecule has 1 spiro atoms. The highest BCUT2D eigenvalue weighted by molar-refractivity contribution is 7.16. The molecule has 0 unspecified atom stereocenters. The van der Waals surface area contributed by atoms with Crippen LogP contribution in [0.25, 0.3) is 10.2 Å². The van der Waals surface area contributed by atoms with Crippen LogP contribution in [0, 0.1) is 5.92 Å². The first kappa shape index (κ1) is 16.5. The first-order valence-electron chi connectivity index (χ1n) is 10.0. The maximum atomic E-state index is 13.1. The Labute approximate surface area is 166 Å². The quantitative estimate of drug-likeness (QED) is 0.723. The Balaban J connectivity index is 1.34. The monoisotopic (exact) mass is 394 g/mol. The molecule has 1 amide bonds. The number of anilines is 1. The molecular formula is C20H22N6OS. The van der Waals surface area contributed by atoms with Crippen LogP contribution < -0.4 is 4.90 Å². The Morgan fingerprint density at radius 3 is 2.86 bits per heavy atom. The summed E-state index contributed by atoms with van der Waals surface area (Å²) in [5.41, 5.74) is 2.02. The second-order valence-corrected chi connectivity index (χ2v) is 8.99. The Bertz CT molecular complexity index is 1050. The van der Waals surface area contributed by atoms with Gasteiger partial charge in [-0.1, -0.05) is 0 Å². The summed E-state index contributed by atoms with van der Waals surface area (Å²) in [5, 5.41) is 3.19. The van der Waals surface area contributed by atoms with E-state index >= 15 is 0 Å². The van der Waals surface area contributed by atoms with Crippen molar-refractivity contribution >= 4 is 33.3 Å². The second-order valence-electron chi connectivity index (χ2n) is 8.10. The predicted molar refractivity (Wildman–Crippen MR) is 107 cm³/mol. The standard InChI is InChI=1S/C20H22N6OS/c27-19(13-1-2-13)26-7-3-15-16(22-11-21-15)20(26)5-8-25(9-6-20)17-14-4-10-28-18(14)24-12-23-17/h4,10-13H,1-3,5-9H2,(H,21,22). The molecule has 1 saturated heterocycles. The van der Waals surface area contributed by atoms with Gasteiger partial charge in [0.2, 0.25) is 5.91 Å². The van der Waals surface area contributed by atoms with Gasteiger partial charge in [0, 0.05) is 37.7 Å². The van der Waals surface area contributed by atoms with E-state index in [-0.39, 0.29) is 11.5 Å². The highest BCUT2D eigenvalue weighted by atomic mass is 32.1. The number of aromatic nitrogens is 4. The molecule has 28 heavy (non-hydrogen) atoms. The number of hydrogen-bond donors (Lipinski definition) is 1. The summed E-state index contributed by atoms with van der Waals surface area (Å²) < 4.78 is 0. The largest absolute Gasteiger partial charge is 0.356 e. The summed E-state index contributed by atoms with van der Waals surface area (Å²) >= 11 is 1.65. The SMILES string of the molecule is O=C(C1CC1)N1CCc2[nH]cnc2C12CCN(c1ncnc3sccc13)CC2. The number of nitrogens with zero attached hydrogens (tertiary/aromatic N) is 5. The zero-order valence-electron chi connectivity index (χ0n) is 15.6. The third-order valence-corrected chi connectivity index (χ3v) is 7.41. The van der Waals surface area contributed by atoms with Gasteiger partial charge in [-0.3, -0.25) is 4.79 Å². The van der Waals surface area contributed by atoms with E-state index in [1.165, 1.54) is 5.69 Å². The second kappa shape index (κ2) is 6.01. The topological polar surface area (TPSA) is 78.0 Å². The summed E-state index contributed by atoms with van der Waals surface area (Å²) in [5.74, 6) is 1.59. The van der Waals surface area contributed by atoms with Gasteiger partial charge in [0.25, 0.3) is 0 Å². The van der Waals surface area contributed by atoms with E-state index in [0.29, 0.717) is 5.91 Å². The fourth-order valence-electron chi connectivity index (χ4n) is 4.97. The van der Waals surface area contributed by atoms with E-state index in [0.717, 1.165) is 73.5 Å². The van der Waals surface area contributed by atoms with Crippen LogP contribution in [0.1, 0.15) is 37.1 Å². The van der Waals surface area contributed by atoms with Crippen LogP contribution in [0.3, 0.4) is 0 Å². The van der Waals surface area contributed by atoms with Crippen LogP contribution in [0.4, 0.5) is 5.82 Å². The minimum absolute atomic E-state index is 0.239. The average Bonchev–Trinajstić information content (AvgIpc) is 3.25. The number of carbonyl (C=O) groups excluding carboxylic acids is 1. The molecular weight excluding hydrogens is 372 g/mol. The molecule has 0 atom stereocenters. The van der Waals surface area contributed by atoms with Crippen molar-refractivity contribution in [2.45, 2.75) is 37.6 Å². The van der Waals surface area contributed by atoms with Crippen molar-refractivity contribution in [2.75, 3.05) is 24.5 Å². The van der Waals surface area contributed by atoms with Crippen molar-refractivity contribution in [2.24, 2.45) is 5.92 Å². The number of hydrogen-bond acceptors (Lipinski definition) is 6. The fraction of sp³-hybridized carbons (Fsp3) is 0.500. The number of carbonyl (C=O) groups is 1. The van der Waals surface area contributed by atoms with Crippen molar-refractivity contribution in [1.82, 2.24) is 24.8 Å². The normalized spacial score (nSPS) is 21.3. The molecule has 144 valence electrons. The van der Waals surface area contributed by atoms with Gasteiger partial charge >= 0.3 is 0 Å². The van der Waals surface area contributed by atoms with Crippen molar-refractivity contribution < 1.29 is 4.79 Å². The average molecular weight is 395 g/mol. The summed E-state index contributed by atoms with van der Waals surface area (Å²) in [4.78, 5) is 35.6. The molecule has 3 aliphatic rings. The van der Waals surface area contributed by atoms with Crippen molar-refractivity contribution in [3.63, 3.8) is 0 Å². The lowest BCUT2D eigenvalue weighted by Crippen LogP contribution is -2.58. The molecule has 1 N–H and O–H groups in total. The maximum Gasteiger partial charge on any atom is 0.226 e. The maximum absolute atomic E-state index is 13.1. The number of amides is 1. The van der Waals surface area contributed by atoms with E-state index in [9.17, 15) is 4.79 Å². The number of piperidine rings is 1. The van der Waals surface area contributed by atoms with Crippen LogP contribution in [-0.4, -0.2) is 50.4 Å². The van der Waals surface area contributed by atoms with Crippen LogP contribution in [-0.2, 0) is 16.8 Å². The number of fused-ring (bicyclic) bond motifs is 3. The number of thiophene rings is 1. The van der Waals surface area contributed by atoms with Crippen molar-refractivity contribution in [3.05, 3.63) is 35.5 Å².